The van der Waals surface area contributed by atoms with Crippen molar-refractivity contribution < 1.29 is 14.0 Å². The van der Waals surface area contributed by atoms with Crippen molar-refractivity contribution in [3.63, 3.8) is 0 Å². The van der Waals surface area contributed by atoms with Crippen molar-refractivity contribution in [1.29, 1.82) is 0 Å². The molecule has 1 atom stereocenters. The second-order valence-electron chi connectivity index (χ2n) is 6.98. The van der Waals surface area contributed by atoms with E-state index in [2.05, 4.69) is 4.99 Å². The second-order valence-corrected chi connectivity index (χ2v) is 6.98. The third-order valence-corrected chi connectivity index (χ3v) is 5.00. The van der Waals surface area contributed by atoms with Crippen LogP contribution in [0.4, 0.5) is 5.69 Å². The summed E-state index contributed by atoms with van der Waals surface area (Å²) in [4.78, 5) is 42.0. The van der Waals surface area contributed by atoms with Crippen LogP contribution in [0, 0.1) is 6.92 Å². The van der Waals surface area contributed by atoms with Gasteiger partial charge in [0.25, 0.3) is 5.91 Å². The molecule has 146 valence electrons. The summed E-state index contributed by atoms with van der Waals surface area (Å²) in [5.74, 6) is -1.34. The Bertz CT molecular complexity index is 1210. The summed E-state index contributed by atoms with van der Waals surface area (Å²) in [6.45, 7) is 3.65. The van der Waals surface area contributed by atoms with Gasteiger partial charge >= 0.3 is 5.91 Å². The van der Waals surface area contributed by atoms with Crippen molar-refractivity contribution in [3.05, 3.63) is 76.1 Å². The Hall–Kier alpha value is -3.58. The SMILES string of the molecule is Cc1ccc2c(=O)cc(C(=O)N=C3C(=O)N(c4ccccc4)N(C)C3C)oc2c1. The minimum absolute atomic E-state index is 0.0911. The largest absolute Gasteiger partial charge is 0.451 e. The van der Waals surface area contributed by atoms with E-state index < -0.39 is 17.9 Å². The summed E-state index contributed by atoms with van der Waals surface area (Å²) < 4.78 is 5.61. The van der Waals surface area contributed by atoms with Gasteiger partial charge in [0.05, 0.1) is 17.1 Å². The van der Waals surface area contributed by atoms with Crippen LogP contribution in [0.5, 0.6) is 0 Å². The summed E-state index contributed by atoms with van der Waals surface area (Å²) in [6, 6.07) is 15.0. The maximum absolute atomic E-state index is 12.9. The highest BCUT2D eigenvalue weighted by Gasteiger charge is 2.40. The highest BCUT2D eigenvalue weighted by atomic mass is 16.3. The van der Waals surface area contributed by atoms with Crippen LogP contribution in [0.3, 0.4) is 0 Å². The number of carbonyl (C=O) groups is 2. The number of carbonyl (C=O) groups excluding carboxylic acids is 2. The number of amides is 2. The highest BCUT2D eigenvalue weighted by molar-refractivity contribution is 6.48. The van der Waals surface area contributed by atoms with Crippen molar-refractivity contribution in [2.75, 3.05) is 12.1 Å². The number of aliphatic imine (C=N–C) groups is 1. The van der Waals surface area contributed by atoms with E-state index in [1.54, 1.807) is 49.3 Å². The number of para-hydroxylation sites is 1. The molecule has 4 rings (SSSR count). The zero-order valence-electron chi connectivity index (χ0n) is 16.2. The number of fused-ring (bicyclic) bond motifs is 1. The van der Waals surface area contributed by atoms with Crippen LogP contribution in [-0.2, 0) is 4.79 Å². The molecule has 1 aromatic heterocycles. The van der Waals surface area contributed by atoms with E-state index in [1.165, 1.54) is 5.01 Å². The normalized spacial score (nSPS) is 18.7. The van der Waals surface area contributed by atoms with Crippen LogP contribution in [0.1, 0.15) is 23.0 Å². The number of rotatable bonds is 2. The van der Waals surface area contributed by atoms with Gasteiger partial charge in [0.2, 0.25) is 0 Å². The molecule has 7 heteroatoms. The van der Waals surface area contributed by atoms with Gasteiger partial charge in [-0.2, -0.15) is 0 Å². The van der Waals surface area contributed by atoms with Gasteiger partial charge < -0.3 is 4.42 Å². The summed E-state index contributed by atoms with van der Waals surface area (Å²) in [6.07, 6.45) is 0. The Morgan fingerprint density at radius 2 is 1.79 bits per heavy atom. The number of hydrazine groups is 1. The molecule has 2 heterocycles. The van der Waals surface area contributed by atoms with Gasteiger partial charge in [0.15, 0.2) is 11.2 Å². The molecule has 0 bridgehead atoms. The van der Waals surface area contributed by atoms with Crippen molar-refractivity contribution in [2.45, 2.75) is 19.9 Å². The fraction of sp³-hybridized carbons (Fsp3) is 0.182. The molecular formula is C22H19N3O4. The summed E-state index contributed by atoms with van der Waals surface area (Å²) >= 11 is 0. The molecule has 0 radical (unpaired) electrons. The smallest absolute Gasteiger partial charge is 0.313 e. The van der Waals surface area contributed by atoms with Crippen LogP contribution in [0.2, 0.25) is 0 Å². The van der Waals surface area contributed by atoms with Gasteiger partial charge in [-0.3, -0.25) is 14.4 Å². The average molecular weight is 389 g/mol. The maximum Gasteiger partial charge on any atom is 0.313 e. The number of benzene rings is 2. The third-order valence-electron chi connectivity index (χ3n) is 5.00. The number of hydrogen-bond donors (Lipinski definition) is 0. The van der Waals surface area contributed by atoms with Gasteiger partial charge in [0, 0.05) is 13.1 Å². The molecule has 1 aliphatic heterocycles. The van der Waals surface area contributed by atoms with E-state index in [0.717, 1.165) is 11.6 Å². The molecular weight excluding hydrogens is 370 g/mol. The lowest BCUT2D eigenvalue weighted by Gasteiger charge is -2.25. The zero-order chi connectivity index (χ0) is 20.7. The first-order valence-corrected chi connectivity index (χ1v) is 9.16. The lowest BCUT2D eigenvalue weighted by molar-refractivity contribution is -0.113. The summed E-state index contributed by atoms with van der Waals surface area (Å²) in [7, 11) is 1.75. The first-order chi connectivity index (χ1) is 13.9. The fourth-order valence-electron chi connectivity index (χ4n) is 3.32. The van der Waals surface area contributed by atoms with Gasteiger partial charge in [-0.15, -0.1) is 0 Å². The van der Waals surface area contributed by atoms with E-state index in [1.807, 2.05) is 25.1 Å². The number of aryl methyl sites for hydroxylation is 1. The average Bonchev–Trinajstić information content (AvgIpc) is 2.91. The molecule has 1 fully saturated rings. The van der Waals surface area contributed by atoms with Crippen molar-refractivity contribution in [2.24, 2.45) is 4.99 Å². The summed E-state index contributed by atoms with van der Waals surface area (Å²) in [5, 5.41) is 3.57. The predicted molar refractivity (Wildman–Crippen MR) is 110 cm³/mol. The molecule has 7 nitrogen and oxygen atoms in total. The molecule has 1 unspecified atom stereocenters. The Morgan fingerprint density at radius 3 is 2.52 bits per heavy atom. The predicted octanol–water partition coefficient (Wildman–Crippen LogP) is 2.96. The van der Waals surface area contributed by atoms with E-state index in [4.69, 9.17) is 4.42 Å². The van der Waals surface area contributed by atoms with E-state index in [-0.39, 0.29) is 16.9 Å². The number of nitrogens with zero attached hydrogens (tertiary/aromatic N) is 3. The molecule has 1 aliphatic rings. The monoisotopic (exact) mass is 389 g/mol. The van der Waals surface area contributed by atoms with Crippen LogP contribution < -0.4 is 10.4 Å². The molecule has 3 aromatic rings. The Balaban J connectivity index is 1.72. The fourth-order valence-corrected chi connectivity index (χ4v) is 3.32. The molecule has 29 heavy (non-hydrogen) atoms. The number of hydrogen-bond acceptors (Lipinski definition) is 5. The first-order valence-electron chi connectivity index (χ1n) is 9.16. The van der Waals surface area contributed by atoms with E-state index in [0.29, 0.717) is 16.7 Å². The van der Waals surface area contributed by atoms with E-state index in [9.17, 15) is 14.4 Å². The Kier molecular flexibility index (Phi) is 4.60. The molecule has 2 aromatic carbocycles. The van der Waals surface area contributed by atoms with Gasteiger partial charge in [0.1, 0.15) is 11.3 Å². The van der Waals surface area contributed by atoms with E-state index >= 15 is 0 Å². The molecule has 0 spiro atoms. The highest BCUT2D eigenvalue weighted by Crippen LogP contribution is 2.24. The van der Waals surface area contributed by atoms with Crippen molar-refractivity contribution in [3.8, 4) is 0 Å². The lowest BCUT2D eigenvalue weighted by atomic mass is 10.1. The first kappa shape index (κ1) is 18.8. The quantitative estimate of drug-likeness (QED) is 0.673. The molecule has 1 saturated heterocycles. The second kappa shape index (κ2) is 7.10. The number of anilines is 1. The molecule has 0 aliphatic carbocycles. The topological polar surface area (TPSA) is 83.2 Å². The summed E-state index contributed by atoms with van der Waals surface area (Å²) in [5.41, 5.74) is 1.65. The Morgan fingerprint density at radius 1 is 1.07 bits per heavy atom. The molecule has 0 saturated carbocycles. The molecule has 2 amide bonds. The van der Waals surface area contributed by atoms with Crippen LogP contribution in [-0.4, -0.2) is 35.6 Å². The van der Waals surface area contributed by atoms with Gasteiger partial charge in [-0.05, 0) is 43.7 Å². The van der Waals surface area contributed by atoms with Crippen LogP contribution in [0.25, 0.3) is 11.0 Å². The van der Waals surface area contributed by atoms with Crippen LogP contribution in [0.15, 0.2) is 68.8 Å². The zero-order valence-corrected chi connectivity index (χ0v) is 16.2. The van der Waals surface area contributed by atoms with Crippen molar-refractivity contribution >= 4 is 34.2 Å². The minimum Gasteiger partial charge on any atom is -0.451 e. The van der Waals surface area contributed by atoms with Gasteiger partial charge in [-0.25, -0.2) is 15.0 Å². The Labute approximate surface area is 166 Å². The lowest BCUT2D eigenvalue weighted by Crippen LogP contribution is -2.38. The third kappa shape index (κ3) is 3.25. The van der Waals surface area contributed by atoms with Gasteiger partial charge in [-0.1, -0.05) is 24.3 Å². The van der Waals surface area contributed by atoms with Crippen molar-refractivity contribution in [1.82, 2.24) is 5.01 Å². The molecule has 0 N–H and O–H groups in total. The standard InChI is InChI=1S/C22H19N3O4/c1-13-9-10-16-17(26)12-19(29-18(16)11-13)21(27)23-20-14(2)24(3)25(22(20)28)15-7-5-4-6-8-15/h4-12,14H,1-3H3. The maximum atomic E-state index is 12.9. The van der Waals surface area contributed by atoms with Crippen LogP contribution >= 0.6 is 0 Å². The minimum atomic E-state index is -0.760.